The van der Waals surface area contributed by atoms with Gasteiger partial charge in [0.25, 0.3) is 0 Å². The molecule has 0 bridgehead atoms. The van der Waals surface area contributed by atoms with Gasteiger partial charge in [-0.2, -0.15) is 5.26 Å². The van der Waals surface area contributed by atoms with Crippen LogP contribution in [0.15, 0.2) is 36.4 Å². The predicted molar refractivity (Wildman–Crippen MR) is 96.6 cm³/mol. The number of anilines is 1. The number of rotatable bonds is 3. The molecule has 2 aromatic carbocycles. The topological polar surface area (TPSA) is 35.8 Å². The molecular weight excluding hydrogens is 280 g/mol. The van der Waals surface area contributed by atoms with E-state index in [1.807, 2.05) is 13.0 Å². The minimum absolute atomic E-state index is 0.762. The zero-order chi connectivity index (χ0) is 16.4. The molecule has 0 saturated carbocycles. The molecule has 0 radical (unpaired) electrons. The van der Waals surface area contributed by atoms with Crippen LogP contribution in [0, 0.1) is 25.2 Å². The summed E-state index contributed by atoms with van der Waals surface area (Å²) in [5.41, 5.74) is 9.40. The summed E-state index contributed by atoms with van der Waals surface area (Å²) >= 11 is 0. The number of aryl methyl sites for hydroxylation is 2. The number of benzene rings is 2. The van der Waals surface area contributed by atoms with Crippen molar-refractivity contribution in [3.05, 3.63) is 69.8 Å². The highest BCUT2D eigenvalue weighted by Crippen LogP contribution is 2.35. The molecule has 0 fully saturated rings. The van der Waals surface area contributed by atoms with Gasteiger partial charge in [-0.1, -0.05) is 31.2 Å². The average Bonchev–Trinajstić information content (AvgIpc) is 3.02. The summed E-state index contributed by atoms with van der Waals surface area (Å²) in [6, 6.07) is 13.0. The van der Waals surface area contributed by atoms with Gasteiger partial charge in [0.1, 0.15) is 0 Å². The molecule has 0 unspecified atom stereocenters. The molecule has 1 aliphatic heterocycles. The molecule has 0 amide bonds. The van der Waals surface area contributed by atoms with Gasteiger partial charge < -0.3 is 5.32 Å². The average molecular weight is 302 g/mol. The van der Waals surface area contributed by atoms with E-state index in [0.29, 0.717) is 0 Å². The van der Waals surface area contributed by atoms with E-state index in [2.05, 4.69) is 55.6 Å². The smallest absolute Gasteiger partial charge is 0.0994 e. The molecule has 1 aliphatic rings. The largest absolute Gasteiger partial charge is 0.384 e. The number of fused-ring (bicyclic) bond motifs is 1. The van der Waals surface area contributed by atoms with Gasteiger partial charge in [-0.15, -0.1) is 0 Å². The summed E-state index contributed by atoms with van der Waals surface area (Å²) in [5, 5.41) is 12.8. The Labute approximate surface area is 138 Å². The summed E-state index contributed by atoms with van der Waals surface area (Å²) in [4.78, 5) is 0. The number of nitrogens with zero attached hydrogens (tertiary/aromatic N) is 1. The van der Waals surface area contributed by atoms with E-state index in [1.54, 1.807) is 0 Å². The van der Waals surface area contributed by atoms with Crippen LogP contribution in [-0.2, 0) is 6.42 Å². The Morgan fingerprint density at radius 3 is 2.78 bits per heavy atom. The zero-order valence-electron chi connectivity index (χ0n) is 14.0. The van der Waals surface area contributed by atoms with Crippen LogP contribution in [0.25, 0.3) is 5.57 Å². The third kappa shape index (κ3) is 2.75. The molecule has 0 aliphatic carbocycles. The lowest BCUT2D eigenvalue weighted by Crippen LogP contribution is -1.98. The lowest BCUT2D eigenvalue weighted by atomic mass is 9.88. The van der Waals surface area contributed by atoms with Gasteiger partial charge >= 0.3 is 0 Å². The first-order chi connectivity index (χ1) is 11.2. The monoisotopic (exact) mass is 302 g/mol. The van der Waals surface area contributed by atoms with E-state index >= 15 is 0 Å². The third-order valence-electron chi connectivity index (χ3n) is 4.55. The molecule has 23 heavy (non-hydrogen) atoms. The van der Waals surface area contributed by atoms with Gasteiger partial charge in [0.05, 0.1) is 11.6 Å². The minimum atomic E-state index is 0.762. The Kier molecular flexibility index (Phi) is 4.21. The summed E-state index contributed by atoms with van der Waals surface area (Å²) in [7, 11) is 0. The number of nitrogens with one attached hydrogen (secondary N) is 1. The Morgan fingerprint density at radius 2 is 2.04 bits per heavy atom. The molecule has 0 spiro atoms. The zero-order valence-corrected chi connectivity index (χ0v) is 14.0. The molecule has 1 heterocycles. The minimum Gasteiger partial charge on any atom is -0.384 e. The van der Waals surface area contributed by atoms with Gasteiger partial charge in [0, 0.05) is 12.2 Å². The van der Waals surface area contributed by atoms with Crippen LogP contribution in [0.1, 0.15) is 46.7 Å². The lowest BCUT2D eigenvalue weighted by molar-refractivity contribution is 1.10. The number of hydrogen-bond acceptors (Lipinski definition) is 2. The number of hydrogen-bond donors (Lipinski definition) is 1. The van der Waals surface area contributed by atoms with Crippen molar-refractivity contribution in [1.82, 2.24) is 0 Å². The second-order valence-electron chi connectivity index (χ2n) is 6.13. The Morgan fingerprint density at radius 1 is 1.22 bits per heavy atom. The fourth-order valence-electron chi connectivity index (χ4n) is 3.43. The molecule has 0 aromatic heterocycles. The highest BCUT2D eigenvalue weighted by molar-refractivity contribution is 5.86. The van der Waals surface area contributed by atoms with Crippen LogP contribution in [0.4, 0.5) is 5.69 Å². The van der Waals surface area contributed by atoms with Crippen molar-refractivity contribution in [3.63, 3.8) is 0 Å². The summed E-state index contributed by atoms with van der Waals surface area (Å²) in [6.07, 6.45) is 4.32. The van der Waals surface area contributed by atoms with Crippen LogP contribution in [-0.4, -0.2) is 6.54 Å². The van der Waals surface area contributed by atoms with E-state index < -0.39 is 0 Å². The van der Waals surface area contributed by atoms with Gasteiger partial charge in [0.15, 0.2) is 0 Å². The second-order valence-corrected chi connectivity index (χ2v) is 6.13. The lowest BCUT2D eigenvalue weighted by Gasteiger charge is -2.16. The van der Waals surface area contributed by atoms with E-state index in [9.17, 15) is 5.26 Å². The van der Waals surface area contributed by atoms with Crippen LogP contribution in [0.3, 0.4) is 0 Å². The number of nitriles is 1. The van der Waals surface area contributed by atoms with Crippen LogP contribution in [0.2, 0.25) is 0 Å². The van der Waals surface area contributed by atoms with Crippen LogP contribution in [0.5, 0.6) is 0 Å². The van der Waals surface area contributed by atoms with Crippen molar-refractivity contribution in [3.8, 4) is 6.07 Å². The van der Waals surface area contributed by atoms with Crippen LogP contribution < -0.4 is 5.32 Å². The first kappa shape index (κ1) is 15.4. The van der Waals surface area contributed by atoms with Crippen molar-refractivity contribution < 1.29 is 0 Å². The van der Waals surface area contributed by atoms with Gasteiger partial charge in [-0.25, -0.2) is 0 Å². The van der Waals surface area contributed by atoms with Crippen molar-refractivity contribution in [2.75, 3.05) is 11.9 Å². The Hall–Kier alpha value is -2.53. The molecule has 116 valence electrons. The maximum Gasteiger partial charge on any atom is 0.0994 e. The molecule has 0 atom stereocenters. The summed E-state index contributed by atoms with van der Waals surface area (Å²) in [5.74, 6) is 0. The first-order valence-electron chi connectivity index (χ1n) is 8.23. The van der Waals surface area contributed by atoms with E-state index in [4.69, 9.17) is 0 Å². The van der Waals surface area contributed by atoms with Crippen molar-refractivity contribution in [2.24, 2.45) is 0 Å². The van der Waals surface area contributed by atoms with Crippen molar-refractivity contribution in [1.29, 1.82) is 5.26 Å². The van der Waals surface area contributed by atoms with Crippen molar-refractivity contribution >= 4 is 11.3 Å². The van der Waals surface area contributed by atoms with Gasteiger partial charge in [-0.3, -0.25) is 0 Å². The SMILES string of the molecule is CC/C=C(\c1cc(C#N)c(C)cc1C)c1cccc2c1CCN2. The second kappa shape index (κ2) is 6.30. The summed E-state index contributed by atoms with van der Waals surface area (Å²) < 4.78 is 0. The highest BCUT2D eigenvalue weighted by Gasteiger charge is 2.18. The molecule has 3 rings (SSSR count). The van der Waals surface area contributed by atoms with Crippen LogP contribution >= 0.6 is 0 Å². The molecule has 1 N–H and O–H groups in total. The van der Waals surface area contributed by atoms with Gasteiger partial charge in [0.2, 0.25) is 0 Å². The normalized spacial score (nSPS) is 13.4. The fraction of sp³-hybridized carbons (Fsp3) is 0.286. The van der Waals surface area contributed by atoms with E-state index in [-0.39, 0.29) is 0 Å². The van der Waals surface area contributed by atoms with E-state index in [1.165, 1.54) is 33.5 Å². The molecule has 2 aromatic rings. The first-order valence-corrected chi connectivity index (χ1v) is 8.23. The molecular formula is C21H22N2. The Bertz CT molecular complexity index is 822. The third-order valence-corrected chi connectivity index (χ3v) is 4.55. The van der Waals surface area contributed by atoms with Crippen molar-refractivity contribution in [2.45, 2.75) is 33.6 Å². The summed E-state index contributed by atoms with van der Waals surface area (Å²) in [6.45, 7) is 7.30. The molecule has 2 heteroatoms. The molecule has 2 nitrogen and oxygen atoms in total. The highest BCUT2D eigenvalue weighted by atomic mass is 14.9. The van der Waals surface area contributed by atoms with Gasteiger partial charge in [-0.05, 0) is 72.2 Å². The maximum absolute atomic E-state index is 9.39. The Balaban J connectivity index is 2.21. The predicted octanol–water partition coefficient (Wildman–Crippen LogP) is 4.98. The van der Waals surface area contributed by atoms with E-state index in [0.717, 1.165) is 30.5 Å². The quantitative estimate of drug-likeness (QED) is 0.867. The fourth-order valence-corrected chi connectivity index (χ4v) is 3.43. The maximum atomic E-state index is 9.39. The molecule has 0 saturated heterocycles. The standard InChI is InChI=1S/C21H22N2/c1-4-6-17(18-7-5-8-21-19(18)9-10-23-21)20-12-16(13-22)14(2)11-15(20)3/h5-8,11-12,23H,4,9-10H2,1-3H3/b17-6-. The number of allylic oxidation sites excluding steroid dienone is 1.